The molecule has 170 valence electrons. The SMILES string of the molecule is Cc1ccc(NC(=O)C(=O)NCc2ccc(/C=N/NC(=O)C(=O)NCC(C)C)o2)cc1C. The van der Waals surface area contributed by atoms with E-state index in [4.69, 9.17) is 4.42 Å². The predicted molar refractivity (Wildman–Crippen MR) is 119 cm³/mol. The molecule has 0 unspecified atom stereocenters. The summed E-state index contributed by atoms with van der Waals surface area (Å²) in [6, 6.07) is 8.50. The fraction of sp³-hybridized carbons (Fsp3) is 0.318. The summed E-state index contributed by atoms with van der Waals surface area (Å²) in [7, 11) is 0. The second-order valence-electron chi connectivity index (χ2n) is 7.54. The number of anilines is 1. The number of benzene rings is 1. The van der Waals surface area contributed by atoms with Gasteiger partial charge in [-0.1, -0.05) is 19.9 Å². The number of hydrazone groups is 1. The molecule has 0 spiro atoms. The molecule has 0 radical (unpaired) electrons. The molecule has 0 saturated heterocycles. The molecule has 4 N–H and O–H groups in total. The highest BCUT2D eigenvalue weighted by atomic mass is 16.3. The molecule has 1 aromatic heterocycles. The number of nitrogens with zero attached hydrogens (tertiary/aromatic N) is 1. The number of hydrogen-bond donors (Lipinski definition) is 4. The van der Waals surface area contributed by atoms with Gasteiger partial charge in [-0.05, 0) is 55.2 Å². The van der Waals surface area contributed by atoms with Crippen LogP contribution < -0.4 is 21.4 Å². The average molecular weight is 441 g/mol. The quantitative estimate of drug-likeness (QED) is 0.292. The van der Waals surface area contributed by atoms with Gasteiger partial charge < -0.3 is 20.4 Å². The summed E-state index contributed by atoms with van der Waals surface area (Å²) < 4.78 is 5.43. The van der Waals surface area contributed by atoms with Gasteiger partial charge in [-0.3, -0.25) is 19.2 Å². The minimum atomic E-state index is -0.893. The van der Waals surface area contributed by atoms with Crippen molar-refractivity contribution in [2.24, 2.45) is 11.0 Å². The Bertz CT molecular complexity index is 1030. The molecule has 0 aliphatic carbocycles. The van der Waals surface area contributed by atoms with Crippen molar-refractivity contribution >= 4 is 35.5 Å². The zero-order valence-electron chi connectivity index (χ0n) is 18.4. The molecule has 10 nitrogen and oxygen atoms in total. The van der Waals surface area contributed by atoms with Crippen LogP contribution in [0.25, 0.3) is 0 Å². The van der Waals surface area contributed by atoms with E-state index in [1.807, 2.05) is 33.8 Å². The van der Waals surface area contributed by atoms with Gasteiger partial charge in [0.15, 0.2) is 0 Å². The van der Waals surface area contributed by atoms with Gasteiger partial charge in [0.2, 0.25) is 0 Å². The summed E-state index contributed by atoms with van der Waals surface area (Å²) in [5, 5.41) is 11.1. The van der Waals surface area contributed by atoms with Crippen molar-refractivity contribution < 1.29 is 23.6 Å². The third kappa shape index (κ3) is 7.71. The second kappa shape index (κ2) is 11.4. The van der Waals surface area contributed by atoms with Gasteiger partial charge in [0.1, 0.15) is 11.5 Å². The van der Waals surface area contributed by atoms with Crippen LogP contribution in [0.2, 0.25) is 0 Å². The number of carbonyl (C=O) groups excluding carboxylic acids is 4. The summed E-state index contributed by atoms with van der Waals surface area (Å²) in [6.07, 6.45) is 1.21. The minimum absolute atomic E-state index is 0.0169. The Labute approximate surface area is 185 Å². The van der Waals surface area contributed by atoms with E-state index >= 15 is 0 Å². The van der Waals surface area contributed by atoms with Gasteiger partial charge in [0, 0.05) is 12.2 Å². The summed E-state index contributed by atoms with van der Waals surface area (Å²) in [4.78, 5) is 47.2. The lowest BCUT2D eigenvalue weighted by Crippen LogP contribution is -2.39. The third-order valence-electron chi connectivity index (χ3n) is 4.31. The van der Waals surface area contributed by atoms with Crippen LogP contribution in [0.4, 0.5) is 5.69 Å². The molecule has 0 atom stereocenters. The Balaban J connectivity index is 1.78. The molecule has 1 heterocycles. The first-order valence-electron chi connectivity index (χ1n) is 10.0. The van der Waals surface area contributed by atoms with Crippen LogP contribution in [0.1, 0.15) is 36.5 Å². The van der Waals surface area contributed by atoms with Gasteiger partial charge in [-0.25, -0.2) is 5.43 Å². The highest BCUT2D eigenvalue weighted by Crippen LogP contribution is 2.14. The molecule has 0 bridgehead atoms. The molecule has 2 aromatic rings. The molecule has 32 heavy (non-hydrogen) atoms. The zero-order valence-corrected chi connectivity index (χ0v) is 18.4. The Morgan fingerprint density at radius 1 is 0.938 bits per heavy atom. The number of rotatable bonds is 7. The molecule has 0 aliphatic heterocycles. The minimum Gasteiger partial charge on any atom is -0.458 e. The van der Waals surface area contributed by atoms with E-state index in [-0.39, 0.29) is 18.2 Å². The molecule has 10 heteroatoms. The number of carbonyl (C=O) groups is 4. The van der Waals surface area contributed by atoms with Crippen molar-refractivity contribution in [1.82, 2.24) is 16.1 Å². The van der Waals surface area contributed by atoms with Crippen molar-refractivity contribution in [3.05, 3.63) is 53.0 Å². The largest absolute Gasteiger partial charge is 0.458 e. The van der Waals surface area contributed by atoms with E-state index < -0.39 is 23.6 Å². The summed E-state index contributed by atoms with van der Waals surface area (Å²) in [6.45, 7) is 8.04. The molecule has 1 aromatic carbocycles. The number of nitrogens with one attached hydrogen (secondary N) is 4. The molecular formula is C22H27N5O5. The number of aryl methyl sites for hydroxylation is 2. The zero-order chi connectivity index (χ0) is 23.7. The van der Waals surface area contributed by atoms with E-state index in [0.717, 1.165) is 11.1 Å². The smallest absolute Gasteiger partial charge is 0.329 e. The first-order valence-corrected chi connectivity index (χ1v) is 10.0. The van der Waals surface area contributed by atoms with Gasteiger partial charge >= 0.3 is 23.6 Å². The Kier molecular flexibility index (Phi) is 8.70. The van der Waals surface area contributed by atoms with Gasteiger partial charge in [-0.15, -0.1) is 0 Å². The van der Waals surface area contributed by atoms with E-state index in [2.05, 4.69) is 26.5 Å². The van der Waals surface area contributed by atoms with Crippen LogP contribution in [0.3, 0.4) is 0 Å². The number of furan rings is 1. The number of amides is 4. The number of hydrogen-bond acceptors (Lipinski definition) is 6. The fourth-order valence-electron chi connectivity index (χ4n) is 2.40. The summed E-state index contributed by atoms with van der Waals surface area (Å²) in [5.41, 5.74) is 4.71. The molecular weight excluding hydrogens is 414 g/mol. The van der Waals surface area contributed by atoms with E-state index in [1.54, 1.807) is 24.3 Å². The molecule has 0 fully saturated rings. The maximum atomic E-state index is 12.0. The van der Waals surface area contributed by atoms with Crippen LogP contribution in [0, 0.1) is 19.8 Å². The lowest BCUT2D eigenvalue weighted by Gasteiger charge is -2.07. The maximum Gasteiger partial charge on any atom is 0.329 e. The first-order chi connectivity index (χ1) is 15.2. The van der Waals surface area contributed by atoms with E-state index in [0.29, 0.717) is 18.0 Å². The Morgan fingerprint density at radius 3 is 2.34 bits per heavy atom. The van der Waals surface area contributed by atoms with E-state index in [1.165, 1.54) is 6.21 Å². The lowest BCUT2D eigenvalue weighted by molar-refractivity contribution is -0.139. The standard InChI is InChI=1S/C22H27N5O5/c1-13(2)10-23-20(29)22(31)27-25-12-18-8-7-17(32-18)11-24-19(28)21(30)26-16-6-5-14(3)15(4)9-16/h5-9,12-13H,10-11H2,1-4H3,(H,23,29)(H,24,28)(H,26,30)(H,27,31)/b25-12+. The highest BCUT2D eigenvalue weighted by molar-refractivity contribution is 6.39. The highest BCUT2D eigenvalue weighted by Gasteiger charge is 2.15. The molecule has 0 aliphatic rings. The fourth-order valence-corrected chi connectivity index (χ4v) is 2.40. The van der Waals surface area contributed by atoms with Crippen LogP contribution in [0.5, 0.6) is 0 Å². The molecule has 4 amide bonds. The van der Waals surface area contributed by atoms with Crippen molar-refractivity contribution in [3.8, 4) is 0 Å². The third-order valence-corrected chi connectivity index (χ3v) is 4.31. The maximum absolute atomic E-state index is 12.0. The first kappa shape index (κ1) is 24.3. The predicted octanol–water partition coefficient (Wildman–Crippen LogP) is 1.37. The van der Waals surface area contributed by atoms with Crippen LogP contribution in [-0.4, -0.2) is 36.4 Å². The van der Waals surface area contributed by atoms with Crippen molar-refractivity contribution in [2.45, 2.75) is 34.2 Å². The molecule has 0 saturated carbocycles. The summed E-state index contributed by atoms with van der Waals surface area (Å²) >= 11 is 0. The van der Waals surface area contributed by atoms with Crippen LogP contribution in [0.15, 0.2) is 39.9 Å². The monoisotopic (exact) mass is 441 g/mol. The van der Waals surface area contributed by atoms with E-state index in [9.17, 15) is 19.2 Å². The lowest BCUT2D eigenvalue weighted by atomic mass is 10.1. The topological polar surface area (TPSA) is 142 Å². The van der Waals surface area contributed by atoms with Gasteiger partial charge in [0.25, 0.3) is 0 Å². The Morgan fingerprint density at radius 2 is 1.66 bits per heavy atom. The van der Waals surface area contributed by atoms with Crippen molar-refractivity contribution in [1.29, 1.82) is 0 Å². The Hall–Kier alpha value is -3.95. The summed E-state index contributed by atoms with van der Waals surface area (Å²) in [5.74, 6) is -2.39. The van der Waals surface area contributed by atoms with Crippen LogP contribution >= 0.6 is 0 Å². The van der Waals surface area contributed by atoms with Gasteiger partial charge in [-0.2, -0.15) is 5.10 Å². The second-order valence-corrected chi connectivity index (χ2v) is 7.54. The van der Waals surface area contributed by atoms with Crippen molar-refractivity contribution in [3.63, 3.8) is 0 Å². The van der Waals surface area contributed by atoms with Gasteiger partial charge in [0.05, 0.1) is 12.8 Å². The molecule has 2 rings (SSSR count). The van der Waals surface area contributed by atoms with Crippen LogP contribution in [-0.2, 0) is 25.7 Å². The van der Waals surface area contributed by atoms with Crippen molar-refractivity contribution in [2.75, 3.05) is 11.9 Å². The normalized spacial score (nSPS) is 10.8. The average Bonchev–Trinajstić information content (AvgIpc) is 3.20.